The summed E-state index contributed by atoms with van der Waals surface area (Å²) in [5, 5.41) is 4.10. The van der Waals surface area contributed by atoms with E-state index >= 15 is 0 Å². The van der Waals surface area contributed by atoms with Crippen molar-refractivity contribution in [2.24, 2.45) is 7.05 Å². The number of aryl methyl sites for hydroxylation is 2. The van der Waals surface area contributed by atoms with Crippen LogP contribution in [0.4, 0.5) is 0 Å². The smallest absolute Gasteiger partial charge is 0.269 e. The minimum atomic E-state index is -0.297. The molecule has 2 rings (SSSR count). The maximum Gasteiger partial charge on any atom is 0.293 e. The van der Waals surface area contributed by atoms with E-state index in [1.807, 2.05) is 37.3 Å². The molecule has 1 aromatic carbocycles. The van der Waals surface area contributed by atoms with E-state index in [1.54, 1.807) is 13.1 Å². The molecule has 0 fully saturated rings. The van der Waals surface area contributed by atoms with E-state index in [2.05, 4.69) is 10.6 Å². The predicted molar refractivity (Wildman–Crippen MR) is 66.6 cm³/mol. The minimum absolute atomic E-state index is 0.297. The highest BCUT2D eigenvalue weighted by Gasteiger charge is 2.11. The van der Waals surface area contributed by atoms with E-state index in [1.165, 1.54) is 4.68 Å². The molecule has 1 aromatic heterocycles. The standard InChI is InChI=1S/C13H15N3O2/c1-10-8-12(16(2)14-10)13(17)15-18-9-11-6-4-3-5-7-11/h3-8H,9H2,1-2H3,(H,15,17). The lowest BCUT2D eigenvalue weighted by atomic mass is 10.2. The zero-order valence-corrected chi connectivity index (χ0v) is 10.4. The quantitative estimate of drug-likeness (QED) is 0.832. The van der Waals surface area contributed by atoms with Crippen molar-refractivity contribution in [2.45, 2.75) is 13.5 Å². The lowest BCUT2D eigenvalue weighted by Gasteiger charge is -2.05. The first-order valence-corrected chi connectivity index (χ1v) is 5.63. The first kappa shape index (κ1) is 12.3. The fourth-order valence-electron chi connectivity index (χ4n) is 1.63. The average molecular weight is 245 g/mol. The first-order valence-electron chi connectivity index (χ1n) is 5.63. The van der Waals surface area contributed by atoms with Gasteiger partial charge in [0.15, 0.2) is 0 Å². The Morgan fingerprint density at radius 2 is 2.11 bits per heavy atom. The lowest BCUT2D eigenvalue weighted by molar-refractivity contribution is 0.0226. The number of hydrogen-bond donors (Lipinski definition) is 1. The highest BCUT2D eigenvalue weighted by atomic mass is 16.6. The second-order valence-corrected chi connectivity index (χ2v) is 4.00. The summed E-state index contributed by atoms with van der Waals surface area (Å²) in [4.78, 5) is 16.9. The molecule has 2 aromatic rings. The van der Waals surface area contributed by atoms with Crippen molar-refractivity contribution < 1.29 is 9.63 Å². The van der Waals surface area contributed by atoms with Crippen LogP contribution in [0.15, 0.2) is 36.4 Å². The Hall–Kier alpha value is -2.14. The number of hydroxylamine groups is 1. The zero-order valence-electron chi connectivity index (χ0n) is 10.4. The molecule has 0 saturated heterocycles. The second kappa shape index (κ2) is 5.46. The van der Waals surface area contributed by atoms with Crippen LogP contribution >= 0.6 is 0 Å². The summed E-state index contributed by atoms with van der Waals surface area (Å²) in [6, 6.07) is 11.3. The summed E-state index contributed by atoms with van der Waals surface area (Å²) in [6.45, 7) is 2.17. The van der Waals surface area contributed by atoms with Crippen LogP contribution in [0.25, 0.3) is 0 Å². The first-order chi connectivity index (χ1) is 8.66. The van der Waals surface area contributed by atoms with Gasteiger partial charge in [0.25, 0.3) is 5.91 Å². The Balaban J connectivity index is 1.87. The van der Waals surface area contributed by atoms with Gasteiger partial charge in [0, 0.05) is 7.05 Å². The molecule has 94 valence electrons. The van der Waals surface area contributed by atoms with Crippen molar-refractivity contribution in [1.29, 1.82) is 0 Å². The molecule has 1 amide bonds. The number of aromatic nitrogens is 2. The van der Waals surface area contributed by atoms with Crippen molar-refractivity contribution >= 4 is 5.91 Å². The van der Waals surface area contributed by atoms with Crippen LogP contribution in [-0.4, -0.2) is 15.7 Å². The average Bonchev–Trinajstić information content (AvgIpc) is 2.70. The van der Waals surface area contributed by atoms with Gasteiger partial charge >= 0.3 is 0 Å². The molecule has 0 aliphatic rings. The minimum Gasteiger partial charge on any atom is -0.269 e. The van der Waals surface area contributed by atoms with Crippen molar-refractivity contribution in [2.75, 3.05) is 0 Å². The third-order valence-electron chi connectivity index (χ3n) is 2.48. The molecule has 0 aliphatic carbocycles. The van der Waals surface area contributed by atoms with Gasteiger partial charge in [-0.2, -0.15) is 5.10 Å². The predicted octanol–water partition coefficient (Wildman–Crippen LogP) is 1.59. The molecular formula is C13H15N3O2. The van der Waals surface area contributed by atoms with Gasteiger partial charge < -0.3 is 0 Å². The summed E-state index contributed by atoms with van der Waals surface area (Å²) < 4.78 is 1.52. The van der Waals surface area contributed by atoms with Crippen molar-refractivity contribution in [3.8, 4) is 0 Å². The molecular weight excluding hydrogens is 230 g/mol. The van der Waals surface area contributed by atoms with E-state index in [0.717, 1.165) is 11.3 Å². The molecule has 0 bridgehead atoms. The van der Waals surface area contributed by atoms with Crippen LogP contribution in [0.3, 0.4) is 0 Å². The van der Waals surface area contributed by atoms with Crippen LogP contribution in [0, 0.1) is 6.92 Å². The van der Waals surface area contributed by atoms with Gasteiger partial charge in [-0.3, -0.25) is 14.3 Å². The number of rotatable bonds is 4. The molecule has 18 heavy (non-hydrogen) atoms. The normalized spacial score (nSPS) is 10.3. The summed E-state index contributed by atoms with van der Waals surface area (Å²) in [5.41, 5.74) is 4.67. The highest BCUT2D eigenvalue weighted by Crippen LogP contribution is 2.02. The Kier molecular flexibility index (Phi) is 3.74. The van der Waals surface area contributed by atoms with E-state index in [9.17, 15) is 4.79 Å². The zero-order chi connectivity index (χ0) is 13.0. The van der Waals surface area contributed by atoms with Gasteiger partial charge in [-0.25, -0.2) is 5.48 Å². The third-order valence-corrected chi connectivity index (χ3v) is 2.48. The van der Waals surface area contributed by atoms with Gasteiger partial charge in [-0.15, -0.1) is 0 Å². The Morgan fingerprint density at radius 3 is 2.72 bits per heavy atom. The maximum absolute atomic E-state index is 11.8. The van der Waals surface area contributed by atoms with Gasteiger partial charge in [0.1, 0.15) is 5.69 Å². The van der Waals surface area contributed by atoms with E-state index in [4.69, 9.17) is 4.84 Å². The van der Waals surface area contributed by atoms with E-state index in [0.29, 0.717) is 12.3 Å². The van der Waals surface area contributed by atoms with Crippen molar-refractivity contribution in [3.05, 3.63) is 53.3 Å². The molecule has 0 unspecified atom stereocenters. The molecule has 5 nitrogen and oxygen atoms in total. The summed E-state index contributed by atoms with van der Waals surface area (Å²) >= 11 is 0. The number of carbonyl (C=O) groups excluding carboxylic acids is 1. The number of nitrogens with zero attached hydrogens (tertiary/aromatic N) is 2. The van der Waals surface area contributed by atoms with Crippen LogP contribution in [0.5, 0.6) is 0 Å². The molecule has 0 radical (unpaired) electrons. The molecule has 5 heteroatoms. The van der Waals surface area contributed by atoms with Crippen LogP contribution in [0.1, 0.15) is 21.7 Å². The van der Waals surface area contributed by atoms with Crippen molar-refractivity contribution in [1.82, 2.24) is 15.3 Å². The topological polar surface area (TPSA) is 56.1 Å². The summed E-state index contributed by atoms with van der Waals surface area (Å²) in [5.74, 6) is -0.297. The fourth-order valence-corrected chi connectivity index (χ4v) is 1.63. The Morgan fingerprint density at radius 1 is 1.39 bits per heavy atom. The molecule has 1 N–H and O–H groups in total. The van der Waals surface area contributed by atoms with Crippen LogP contribution in [-0.2, 0) is 18.5 Å². The SMILES string of the molecule is Cc1cc(C(=O)NOCc2ccccc2)n(C)n1. The van der Waals surface area contributed by atoms with Crippen LogP contribution in [0.2, 0.25) is 0 Å². The maximum atomic E-state index is 11.8. The molecule has 0 saturated carbocycles. The molecule has 0 atom stereocenters. The molecule has 0 spiro atoms. The number of nitrogens with one attached hydrogen (secondary N) is 1. The largest absolute Gasteiger partial charge is 0.293 e. The van der Waals surface area contributed by atoms with Gasteiger partial charge in [0.05, 0.1) is 12.3 Å². The molecule has 1 heterocycles. The third kappa shape index (κ3) is 2.95. The Labute approximate surface area is 105 Å². The number of benzene rings is 1. The summed E-state index contributed by atoms with van der Waals surface area (Å²) in [7, 11) is 1.72. The molecule has 0 aliphatic heterocycles. The highest BCUT2D eigenvalue weighted by molar-refractivity contribution is 5.91. The number of carbonyl (C=O) groups is 1. The monoisotopic (exact) mass is 245 g/mol. The Bertz CT molecular complexity index is 534. The summed E-state index contributed by atoms with van der Waals surface area (Å²) in [6.07, 6.45) is 0. The van der Waals surface area contributed by atoms with Gasteiger partial charge in [-0.1, -0.05) is 30.3 Å². The number of hydrogen-bond acceptors (Lipinski definition) is 3. The number of amides is 1. The van der Waals surface area contributed by atoms with E-state index < -0.39 is 0 Å². The van der Waals surface area contributed by atoms with Crippen LogP contribution < -0.4 is 5.48 Å². The fraction of sp³-hybridized carbons (Fsp3) is 0.231. The second-order valence-electron chi connectivity index (χ2n) is 4.00. The van der Waals surface area contributed by atoms with Crippen molar-refractivity contribution in [3.63, 3.8) is 0 Å². The lowest BCUT2D eigenvalue weighted by Crippen LogP contribution is -2.25. The van der Waals surface area contributed by atoms with Gasteiger partial charge in [0.2, 0.25) is 0 Å². The van der Waals surface area contributed by atoms with Gasteiger partial charge in [-0.05, 0) is 18.6 Å². The van der Waals surface area contributed by atoms with E-state index in [-0.39, 0.29) is 5.91 Å².